The number of carbonyl (C=O) groups excluding carboxylic acids is 1. The lowest BCUT2D eigenvalue weighted by atomic mass is 10.0. The summed E-state index contributed by atoms with van der Waals surface area (Å²) >= 11 is 1.60. The molecule has 2 N–H and O–H groups in total. The number of hydrogen-bond acceptors (Lipinski definition) is 4. The van der Waals surface area contributed by atoms with Crippen molar-refractivity contribution < 1.29 is 4.79 Å². The highest BCUT2D eigenvalue weighted by Gasteiger charge is 2.26. The van der Waals surface area contributed by atoms with Crippen molar-refractivity contribution in [2.45, 2.75) is 12.6 Å². The molecule has 0 bridgehead atoms. The van der Waals surface area contributed by atoms with Gasteiger partial charge in [0.25, 0.3) is 0 Å². The molecule has 0 fully saturated rings. The molecule has 1 aromatic carbocycles. The predicted molar refractivity (Wildman–Crippen MR) is 76.4 cm³/mol. The van der Waals surface area contributed by atoms with E-state index in [0.717, 1.165) is 16.1 Å². The maximum atomic E-state index is 11.8. The van der Waals surface area contributed by atoms with Crippen molar-refractivity contribution in [3.05, 3.63) is 52.9 Å². The average Bonchev–Trinajstić information content (AvgIpc) is 2.87. The van der Waals surface area contributed by atoms with Crippen LogP contribution in [0.2, 0.25) is 0 Å². The Balaban J connectivity index is 1.93. The van der Waals surface area contributed by atoms with Gasteiger partial charge in [0, 0.05) is 12.1 Å². The summed E-state index contributed by atoms with van der Waals surface area (Å²) in [7, 11) is 0. The monoisotopic (exact) mass is 271 g/mol. The van der Waals surface area contributed by atoms with Crippen molar-refractivity contribution in [3.8, 4) is 0 Å². The van der Waals surface area contributed by atoms with Gasteiger partial charge in [0.05, 0.1) is 6.34 Å². The first-order valence-electron chi connectivity index (χ1n) is 5.96. The summed E-state index contributed by atoms with van der Waals surface area (Å²) in [5, 5.41) is 3.01. The smallest absolute Gasteiger partial charge is 0.244 e. The number of nitrogens with zero attached hydrogens (tertiary/aromatic N) is 2. The second-order valence-electron chi connectivity index (χ2n) is 4.38. The van der Waals surface area contributed by atoms with Gasteiger partial charge in [-0.1, -0.05) is 30.3 Å². The molecule has 0 aliphatic carbocycles. The molecule has 0 radical (unpaired) electrons. The number of thiophene rings is 1. The molecule has 19 heavy (non-hydrogen) atoms. The number of aliphatic imine (C=N–C) groups is 1. The Bertz CT molecular complexity index is 621. The minimum Gasteiger partial charge on any atom is -0.368 e. The number of rotatable bonds is 3. The molecule has 2 aromatic rings. The van der Waals surface area contributed by atoms with E-state index in [1.54, 1.807) is 17.7 Å². The van der Waals surface area contributed by atoms with Gasteiger partial charge in [-0.05, 0) is 17.0 Å². The molecule has 1 aliphatic heterocycles. The van der Waals surface area contributed by atoms with E-state index >= 15 is 0 Å². The van der Waals surface area contributed by atoms with Crippen molar-refractivity contribution in [3.63, 3.8) is 0 Å². The van der Waals surface area contributed by atoms with Crippen LogP contribution in [0.15, 0.2) is 46.8 Å². The van der Waals surface area contributed by atoms with Gasteiger partial charge in [-0.25, -0.2) is 4.99 Å². The lowest BCUT2D eigenvalue weighted by Gasteiger charge is -2.29. The lowest BCUT2D eigenvalue weighted by Crippen LogP contribution is -2.37. The van der Waals surface area contributed by atoms with Crippen molar-refractivity contribution >= 4 is 28.6 Å². The number of nitrogens with two attached hydrogens (primary N) is 1. The molecular formula is C14H13N3OS. The molecule has 2 heterocycles. The van der Waals surface area contributed by atoms with E-state index in [2.05, 4.69) is 4.99 Å². The Kier molecular flexibility index (Phi) is 3.05. The van der Waals surface area contributed by atoms with Gasteiger partial charge in [-0.3, -0.25) is 4.79 Å². The first kappa shape index (κ1) is 11.9. The zero-order valence-corrected chi connectivity index (χ0v) is 11.0. The van der Waals surface area contributed by atoms with Crippen LogP contribution < -0.4 is 5.73 Å². The van der Waals surface area contributed by atoms with Crippen molar-refractivity contribution in [2.75, 3.05) is 0 Å². The van der Waals surface area contributed by atoms with Gasteiger partial charge in [0.2, 0.25) is 5.91 Å². The largest absolute Gasteiger partial charge is 0.368 e. The van der Waals surface area contributed by atoms with Gasteiger partial charge in [-0.15, -0.1) is 11.3 Å². The number of fused-ring (bicyclic) bond motifs is 1. The van der Waals surface area contributed by atoms with E-state index < -0.39 is 6.04 Å². The molecule has 0 saturated heterocycles. The Hall–Kier alpha value is -2.14. The van der Waals surface area contributed by atoms with Gasteiger partial charge in [-0.2, -0.15) is 0 Å². The first-order chi connectivity index (χ1) is 9.25. The lowest BCUT2D eigenvalue weighted by molar-refractivity contribution is -0.122. The summed E-state index contributed by atoms with van der Waals surface area (Å²) in [6.45, 7) is 0.658. The third-order valence-corrected chi connectivity index (χ3v) is 3.98. The predicted octanol–water partition coefficient (Wildman–Crippen LogP) is 2.45. The Morgan fingerprint density at radius 3 is 2.84 bits per heavy atom. The van der Waals surface area contributed by atoms with Gasteiger partial charge in [0.1, 0.15) is 11.0 Å². The Morgan fingerprint density at radius 2 is 2.11 bits per heavy atom. The summed E-state index contributed by atoms with van der Waals surface area (Å²) < 4.78 is 0. The quantitative estimate of drug-likeness (QED) is 0.932. The van der Waals surface area contributed by atoms with Crippen LogP contribution in [0.3, 0.4) is 0 Å². The van der Waals surface area contributed by atoms with Gasteiger partial charge >= 0.3 is 0 Å². The third kappa shape index (κ3) is 2.24. The van der Waals surface area contributed by atoms with E-state index in [4.69, 9.17) is 5.73 Å². The number of hydrogen-bond donors (Lipinski definition) is 1. The molecule has 1 amide bonds. The van der Waals surface area contributed by atoms with Gasteiger partial charge < -0.3 is 10.6 Å². The van der Waals surface area contributed by atoms with E-state index in [1.165, 1.54) is 0 Å². The number of benzene rings is 1. The van der Waals surface area contributed by atoms with Crippen LogP contribution in [0.25, 0.3) is 0 Å². The maximum absolute atomic E-state index is 11.8. The molecule has 3 rings (SSSR count). The first-order valence-corrected chi connectivity index (χ1v) is 6.84. The Morgan fingerprint density at radius 1 is 1.32 bits per heavy atom. The molecule has 1 aromatic heterocycles. The number of amides is 1. The van der Waals surface area contributed by atoms with Crippen LogP contribution in [0, 0.1) is 0 Å². The molecule has 0 spiro atoms. The fourth-order valence-electron chi connectivity index (χ4n) is 2.24. The summed E-state index contributed by atoms with van der Waals surface area (Å²) in [5.41, 5.74) is 7.58. The summed E-state index contributed by atoms with van der Waals surface area (Å²) in [6, 6.07) is 11.1. The molecule has 96 valence electrons. The van der Waals surface area contributed by atoms with Crippen LogP contribution in [-0.2, 0) is 11.3 Å². The summed E-state index contributed by atoms with van der Waals surface area (Å²) in [4.78, 5) is 18.0. The molecule has 1 aliphatic rings. The van der Waals surface area contributed by atoms with Crippen LogP contribution in [0.5, 0.6) is 0 Å². The van der Waals surface area contributed by atoms with Crippen LogP contribution >= 0.6 is 11.3 Å². The van der Waals surface area contributed by atoms with E-state index in [0.29, 0.717) is 6.54 Å². The Labute approximate surface area is 115 Å². The summed E-state index contributed by atoms with van der Waals surface area (Å²) in [6.07, 6.45) is 1.71. The summed E-state index contributed by atoms with van der Waals surface area (Å²) in [5.74, 6) is -0.365. The fraction of sp³-hybridized carbons (Fsp3) is 0.143. The highest BCUT2D eigenvalue weighted by molar-refractivity contribution is 7.14. The standard InChI is InChI=1S/C14H13N3OS/c15-13(18)12(10-4-2-1-3-5-10)17-8-11-6-7-19-14(11)16-9-17/h1-7,9,12H,8H2,(H2,15,18). The zero-order valence-electron chi connectivity index (χ0n) is 10.2. The van der Waals surface area contributed by atoms with Crippen molar-refractivity contribution in [1.82, 2.24) is 4.90 Å². The van der Waals surface area contributed by atoms with Crippen molar-refractivity contribution in [2.24, 2.45) is 10.7 Å². The number of primary amides is 1. The SMILES string of the molecule is NC(=O)C(c1ccccc1)N1C=Nc2sccc2C1. The van der Waals surface area contributed by atoms with Crippen LogP contribution in [0.4, 0.5) is 5.00 Å². The molecule has 0 saturated carbocycles. The zero-order chi connectivity index (χ0) is 13.2. The molecule has 1 unspecified atom stereocenters. The maximum Gasteiger partial charge on any atom is 0.244 e. The third-order valence-electron chi connectivity index (χ3n) is 3.12. The van der Waals surface area contributed by atoms with Crippen molar-refractivity contribution in [1.29, 1.82) is 0 Å². The van der Waals surface area contributed by atoms with E-state index in [9.17, 15) is 4.79 Å². The highest BCUT2D eigenvalue weighted by Crippen LogP contribution is 2.33. The minimum absolute atomic E-state index is 0.365. The molecule has 5 heteroatoms. The molecule has 1 atom stereocenters. The van der Waals surface area contributed by atoms with E-state index in [-0.39, 0.29) is 5.91 Å². The molecular weight excluding hydrogens is 258 g/mol. The topological polar surface area (TPSA) is 58.7 Å². The fourth-order valence-corrected chi connectivity index (χ4v) is 2.99. The number of carbonyl (C=O) groups is 1. The van der Waals surface area contributed by atoms with E-state index in [1.807, 2.05) is 46.7 Å². The average molecular weight is 271 g/mol. The second kappa shape index (κ2) is 4.85. The van der Waals surface area contributed by atoms with Gasteiger partial charge in [0.15, 0.2) is 0 Å². The normalized spacial score (nSPS) is 15.1. The van der Waals surface area contributed by atoms with Crippen LogP contribution in [0.1, 0.15) is 17.2 Å². The minimum atomic E-state index is -0.474. The highest BCUT2D eigenvalue weighted by atomic mass is 32.1. The molecule has 4 nitrogen and oxygen atoms in total. The van der Waals surface area contributed by atoms with Crippen LogP contribution in [-0.4, -0.2) is 17.1 Å². The second-order valence-corrected chi connectivity index (χ2v) is 5.28.